The van der Waals surface area contributed by atoms with E-state index in [1.165, 1.54) is 0 Å². The first-order chi connectivity index (χ1) is 10.6. The number of hydrogen-bond acceptors (Lipinski definition) is 6. The van der Waals surface area contributed by atoms with Gasteiger partial charge in [-0.1, -0.05) is 6.92 Å². The van der Waals surface area contributed by atoms with Gasteiger partial charge in [0.25, 0.3) is 5.91 Å². The van der Waals surface area contributed by atoms with E-state index in [9.17, 15) is 4.79 Å². The van der Waals surface area contributed by atoms with Crippen LogP contribution in [0.25, 0.3) is 0 Å². The summed E-state index contributed by atoms with van der Waals surface area (Å²) in [6.07, 6.45) is 0.376. The maximum Gasteiger partial charge on any atom is 0.290 e. The molecule has 7 nitrogen and oxygen atoms in total. The summed E-state index contributed by atoms with van der Waals surface area (Å²) in [4.78, 5) is 14.3. The summed E-state index contributed by atoms with van der Waals surface area (Å²) in [5, 5.41) is 7.77. The molecule has 118 valence electrons. The van der Waals surface area contributed by atoms with E-state index in [2.05, 4.69) is 10.2 Å². The Morgan fingerprint density at radius 2 is 2.18 bits per heavy atom. The highest BCUT2D eigenvalue weighted by Crippen LogP contribution is 2.24. The minimum Gasteiger partial charge on any atom is -0.456 e. The second kappa shape index (κ2) is 5.92. The molecule has 7 heteroatoms. The van der Waals surface area contributed by atoms with E-state index in [0.717, 1.165) is 17.7 Å². The van der Waals surface area contributed by atoms with Gasteiger partial charge in [0, 0.05) is 25.5 Å². The number of furan rings is 1. The van der Waals surface area contributed by atoms with Crippen LogP contribution in [0.1, 0.15) is 46.7 Å². The fourth-order valence-electron chi connectivity index (χ4n) is 2.50. The Balaban J connectivity index is 1.76. The van der Waals surface area contributed by atoms with Crippen LogP contribution in [0.2, 0.25) is 0 Å². The zero-order valence-electron chi connectivity index (χ0n) is 13.0. The van der Waals surface area contributed by atoms with Crippen LogP contribution in [0.5, 0.6) is 0 Å². The average Bonchev–Trinajstić information content (AvgIpc) is 3.12. The van der Waals surface area contributed by atoms with E-state index in [4.69, 9.17) is 13.6 Å². The fourth-order valence-corrected chi connectivity index (χ4v) is 2.50. The number of nitrogens with zero attached hydrogens (tertiary/aromatic N) is 3. The lowest BCUT2D eigenvalue weighted by atomic mass is 10.2. The molecule has 22 heavy (non-hydrogen) atoms. The van der Waals surface area contributed by atoms with Crippen LogP contribution in [0.4, 0.5) is 0 Å². The topological polar surface area (TPSA) is 81.6 Å². The molecule has 1 atom stereocenters. The maximum atomic E-state index is 12.6. The van der Waals surface area contributed by atoms with Crippen LogP contribution >= 0.6 is 0 Å². The molecule has 2 aromatic heterocycles. The Labute approximate surface area is 128 Å². The van der Waals surface area contributed by atoms with Crippen LogP contribution in [0.15, 0.2) is 14.9 Å². The molecule has 1 saturated heterocycles. The monoisotopic (exact) mass is 305 g/mol. The van der Waals surface area contributed by atoms with Gasteiger partial charge in [-0.2, -0.15) is 0 Å². The summed E-state index contributed by atoms with van der Waals surface area (Å²) in [6.45, 7) is 6.93. The Morgan fingerprint density at radius 1 is 1.36 bits per heavy atom. The van der Waals surface area contributed by atoms with Gasteiger partial charge in [-0.25, -0.2) is 0 Å². The van der Waals surface area contributed by atoms with Crippen molar-refractivity contribution in [1.29, 1.82) is 0 Å². The average molecular weight is 305 g/mol. The van der Waals surface area contributed by atoms with Gasteiger partial charge in [-0.05, 0) is 13.0 Å². The molecule has 2 aromatic rings. The van der Waals surface area contributed by atoms with Crippen molar-refractivity contribution in [3.8, 4) is 0 Å². The lowest BCUT2D eigenvalue weighted by Gasteiger charge is -2.30. The van der Waals surface area contributed by atoms with Crippen molar-refractivity contribution < 1.29 is 18.4 Å². The summed E-state index contributed by atoms with van der Waals surface area (Å²) in [6, 6.07) is 1.91. The largest absolute Gasteiger partial charge is 0.456 e. The lowest BCUT2D eigenvalue weighted by Crippen LogP contribution is -2.42. The molecule has 0 saturated carbocycles. The van der Waals surface area contributed by atoms with E-state index in [0.29, 0.717) is 37.2 Å². The third-order valence-corrected chi connectivity index (χ3v) is 3.68. The Hall–Kier alpha value is -2.15. The van der Waals surface area contributed by atoms with Crippen LogP contribution < -0.4 is 0 Å². The molecule has 0 radical (unpaired) electrons. The molecule has 3 heterocycles. The van der Waals surface area contributed by atoms with Crippen LogP contribution in [-0.2, 0) is 11.2 Å². The number of ether oxygens (including phenoxy) is 1. The van der Waals surface area contributed by atoms with Crippen molar-refractivity contribution in [3.05, 3.63) is 34.9 Å². The Kier molecular flexibility index (Phi) is 3.98. The van der Waals surface area contributed by atoms with Crippen molar-refractivity contribution >= 4 is 5.91 Å². The van der Waals surface area contributed by atoms with Gasteiger partial charge in [-0.3, -0.25) is 4.79 Å². The number of carbonyl (C=O) groups is 1. The van der Waals surface area contributed by atoms with Crippen molar-refractivity contribution in [2.45, 2.75) is 33.3 Å². The second-order valence-corrected chi connectivity index (χ2v) is 5.35. The predicted molar refractivity (Wildman–Crippen MR) is 76.5 cm³/mol. The van der Waals surface area contributed by atoms with E-state index < -0.39 is 0 Å². The Morgan fingerprint density at radius 3 is 2.82 bits per heavy atom. The van der Waals surface area contributed by atoms with Crippen LogP contribution in [-0.4, -0.2) is 40.7 Å². The van der Waals surface area contributed by atoms with Crippen LogP contribution in [0, 0.1) is 13.8 Å². The van der Waals surface area contributed by atoms with Crippen molar-refractivity contribution in [3.63, 3.8) is 0 Å². The predicted octanol–water partition coefficient (Wildman–Crippen LogP) is 2.06. The second-order valence-electron chi connectivity index (χ2n) is 5.35. The molecule has 1 aliphatic heterocycles. The van der Waals surface area contributed by atoms with E-state index in [-0.39, 0.29) is 12.0 Å². The van der Waals surface area contributed by atoms with Crippen molar-refractivity contribution in [2.24, 2.45) is 0 Å². The first-order valence-electron chi connectivity index (χ1n) is 7.38. The number of hydrogen-bond donors (Lipinski definition) is 0. The molecule has 1 amide bonds. The molecule has 0 bridgehead atoms. The van der Waals surface area contributed by atoms with Gasteiger partial charge in [0.15, 0.2) is 11.9 Å². The molecule has 3 rings (SSSR count). The van der Waals surface area contributed by atoms with Gasteiger partial charge in [-0.15, -0.1) is 10.2 Å². The molecule has 0 spiro atoms. The number of morpholine rings is 1. The lowest BCUT2D eigenvalue weighted by molar-refractivity contribution is -0.0357. The van der Waals surface area contributed by atoms with E-state index in [1.54, 1.807) is 11.8 Å². The number of amides is 1. The molecule has 0 N–H and O–H groups in total. The molecule has 1 aliphatic rings. The molecule has 1 unspecified atom stereocenters. The van der Waals surface area contributed by atoms with Gasteiger partial charge >= 0.3 is 0 Å². The fraction of sp³-hybridized carbons (Fsp3) is 0.533. The SMILES string of the molecule is CCc1cc(C)c(C(=O)N2CCOC(c3nnc(C)o3)C2)o1. The molecular formula is C15H19N3O4. The van der Waals surface area contributed by atoms with E-state index in [1.807, 2.05) is 19.9 Å². The number of aryl methyl sites for hydroxylation is 3. The maximum absolute atomic E-state index is 12.6. The minimum atomic E-state index is -0.389. The minimum absolute atomic E-state index is 0.123. The van der Waals surface area contributed by atoms with Gasteiger partial charge in [0.05, 0.1) is 13.2 Å². The van der Waals surface area contributed by atoms with Crippen molar-refractivity contribution in [2.75, 3.05) is 19.7 Å². The summed E-state index contributed by atoms with van der Waals surface area (Å²) in [5.74, 6) is 1.98. The molecule has 0 aliphatic carbocycles. The van der Waals surface area contributed by atoms with Crippen LogP contribution in [0.3, 0.4) is 0 Å². The van der Waals surface area contributed by atoms with Gasteiger partial charge < -0.3 is 18.5 Å². The van der Waals surface area contributed by atoms with E-state index >= 15 is 0 Å². The molecule has 1 fully saturated rings. The summed E-state index contributed by atoms with van der Waals surface area (Å²) >= 11 is 0. The Bertz CT molecular complexity index is 676. The highest BCUT2D eigenvalue weighted by molar-refractivity contribution is 5.93. The van der Waals surface area contributed by atoms with Crippen molar-refractivity contribution in [1.82, 2.24) is 15.1 Å². The zero-order valence-corrected chi connectivity index (χ0v) is 13.0. The normalized spacial score (nSPS) is 18.7. The number of aromatic nitrogens is 2. The highest BCUT2D eigenvalue weighted by atomic mass is 16.5. The summed E-state index contributed by atoms with van der Waals surface area (Å²) < 4.78 is 16.7. The summed E-state index contributed by atoms with van der Waals surface area (Å²) in [5.41, 5.74) is 0.860. The standard InChI is InChI=1S/C15H19N3O4/c1-4-11-7-9(2)13(22-11)15(19)18-5-6-20-12(8-18)14-17-16-10(3)21-14/h7,12H,4-6,8H2,1-3H3. The molecular weight excluding hydrogens is 286 g/mol. The third kappa shape index (κ3) is 2.76. The first kappa shape index (κ1) is 14.8. The molecule has 0 aromatic carbocycles. The number of rotatable bonds is 3. The zero-order chi connectivity index (χ0) is 15.7. The summed E-state index contributed by atoms with van der Waals surface area (Å²) in [7, 11) is 0. The number of carbonyl (C=O) groups excluding carboxylic acids is 1. The third-order valence-electron chi connectivity index (χ3n) is 3.68. The highest BCUT2D eigenvalue weighted by Gasteiger charge is 2.31. The van der Waals surface area contributed by atoms with Gasteiger partial charge in [0.2, 0.25) is 11.8 Å². The van der Waals surface area contributed by atoms with Gasteiger partial charge in [0.1, 0.15) is 5.76 Å². The first-order valence-corrected chi connectivity index (χ1v) is 7.38. The quantitative estimate of drug-likeness (QED) is 0.863. The smallest absolute Gasteiger partial charge is 0.290 e.